The zero-order valence-electron chi connectivity index (χ0n) is 10.1. The number of aromatic nitrogens is 2. The molecule has 3 nitrogen and oxygen atoms in total. The molecular weight excluding hydrogens is 219 g/mol. The monoisotopic (exact) mass is 234 g/mol. The number of nitrogens with zero attached hydrogens (tertiary/aromatic N) is 2. The molecule has 90 valence electrons. The molecule has 1 aromatic carbocycles. The van der Waals surface area contributed by atoms with Crippen LogP contribution < -0.4 is 0 Å². The summed E-state index contributed by atoms with van der Waals surface area (Å²) in [5.74, 6) is -0.397. The number of hydrogen-bond acceptors (Lipinski definition) is 2. The van der Waals surface area contributed by atoms with Gasteiger partial charge in [0.1, 0.15) is 11.9 Å². The summed E-state index contributed by atoms with van der Waals surface area (Å²) in [5, 5.41) is 14.3. The van der Waals surface area contributed by atoms with Gasteiger partial charge in [0.25, 0.3) is 0 Å². The van der Waals surface area contributed by atoms with E-state index in [9.17, 15) is 9.50 Å². The third-order valence-electron chi connectivity index (χ3n) is 2.79. The molecule has 1 unspecified atom stereocenters. The van der Waals surface area contributed by atoms with E-state index in [0.717, 1.165) is 5.56 Å². The predicted molar refractivity (Wildman–Crippen MR) is 63.1 cm³/mol. The molecule has 0 aliphatic heterocycles. The molecule has 4 heteroatoms. The summed E-state index contributed by atoms with van der Waals surface area (Å²) in [4.78, 5) is 0. The fourth-order valence-electron chi connectivity index (χ4n) is 1.93. The fourth-order valence-corrected chi connectivity index (χ4v) is 1.93. The summed E-state index contributed by atoms with van der Waals surface area (Å²) >= 11 is 0. The van der Waals surface area contributed by atoms with E-state index >= 15 is 0 Å². The Kier molecular flexibility index (Phi) is 2.98. The number of aliphatic hydroxyl groups is 1. The highest BCUT2D eigenvalue weighted by Crippen LogP contribution is 2.26. The molecule has 0 bridgehead atoms. The van der Waals surface area contributed by atoms with Gasteiger partial charge in [0, 0.05) is 24.4 Å². The SMILES string of the molecule is Cc1ccc(F)c(C(O)c2cn(C)nc2C)c1. The molecule has 0 fully saturated rings. The summed E-state index contributed by atoms with van der Waals surface area (Å²) in [6, 6.07) is 4.72. The van der Waals surface area contributed by atoms with Crippen molar-refractivity contribution >= 4 is 0 Å². The van der Waals surface area contributed by atoms with Gasteiger partial charge in [-0.15, -0.1) is 0 Å². The zero-order chi connectivity index (χ0) is 12.6. The molecule has 0 aliphatic carbocycles. The van der Waals surface area contributed by atoms with Crippen molar-refractivity contribution in [3.63, 3.8) is 0 Å². The van der Waals surface area contributed by atoms with Crippen LogP contribution in [-0.4, -0.2) is 14.9 Å². The van der Waals surface area contributed by atoms with Gasteiger partial charge in [0.15, 0.2) is 0 Å². The standard InChI is InChI=1S/C13H15FN2O/c1-8-4-5-12(14)10(6-8)13(17)11-7-16(3)15-9(11)2/h4-7,13,17H,1-3H3. The lowest BCUT2D eigenvalue weighted by atomic mass is 10.0. The second-order valence-electron chi connectivity index (χ2n) is 4.27. The Balaban J connectivity index is 2.46. The first-order chi connectivity index (χ1) is 7.99. The number of halogens is 1. The Labute approximate surface area is 99.5 Å². The molecule has 2 rings (SSSR count). The van der Waals surface area contributed by atoms with Crippen LogP contribution in [0.4, 0.5) is 4.39 Å². The van der Waals surface area contributed by atoms with Crippen molar-refractivity contribution < 1.29 is 9.50 Å². The Bertz CT molecular complexity index is 548. The zero-order valence-corrected chi connectivity index (χ0v) is 10.1. The molecule has 1 aromatic heterocycles. The van der Waals surface area contributed by atoms with Crippen molar-refractivity contribution in [3.8, 4) is 0 Å². The number of rotatable bonds is 2. The van der Waals surface area contributed by atoms with Gasteiger partial charge in [0.05, 0.1) is 5.69 Å². The first-order valence-corrected chi connectivity index (χ1v) is 5.43. The lowest BCUT2D eigenvalue weighted by Gasteiger charge is -2.11. The Morgan fingerprint density at radius 2 is 2.00 bits per heavy atom. The van der Waals surface area contributed by atoms with Gasteiger partial charge in [-0.1, -0.05) is 17.7 Å². The van der Waals surface area contributed by atoms with Crippen LogP contribution in [0.25, 0.3) is 0 Å². The minimum Gasteiger partial charge on any atom is -0.383 e. The molecule has 0 radical (unpaired) electrons. The molecule has 0 amide bonds. The largest absolute Gasteiger partial charge is 0.383 e. The van der Waals surface area contributed by atoms with E-state index in [0.29, 0.717) is 16.8 Å². The summed E-state index contributed by atoms with van der Waals surface area (Å²) in [6.07, 6.45) is 0.741. The van der Waals surface area contributed by atoms with Crippen LogP contribution in [0.15, 0.2) is 24.4 Å². The average molecular weight is 234 g/mol. The van der Waals surface area contributed by atoms with Crippen molar-refractivity contribution in [3.05, 3.63) is 52.6 Å². The third kappa shape index (κ3) is 2.22. The second-order valence-corrected chi connectivity index (χ2v) is 4.27. The fraction of sp³-hybridized carbons (Fsp3) is 0.308. The van der Waals surface area contributed by atoms with E-state index in [4.69, 9.17) is 0 Å². The second kappa shape index (κ2) is 4.30. The highest BCUT2D eigenvalue weighted by atomic mass is 19.1. The van der Waals surface area contributed by atoms with Crippen molar-refractivity contribution in [2.75, 3.05) is 0 Å². The third-order valence-corrected chi connectivity index (χ3v) is 2.79. The number of aliphatic hydroxyl groups excluding tert-OH is 1. The van der Waals surface area contributed by atoms with Gasteiger partial charge in [-0.3, -0.25) is 4.68 Å². The minimum atomic E-state index is -0.969. The van der Waals surface area contributed by atoms with E-state index in [2.05, 4.69) is 5.10 Å². The first kappa shape index (κ1) is 11.8. The number of benzene rings is 1. The Morgan fingerprint density at radius 3 is 2.59 bits per heavy atom. The molecule has 1 N–H and O–H groups in total. The topological polar surface area (TPSA) is 38.0 Å². The van der Waals surface area contributed by atoms with E-state index in [-0.39, 0.29) is 0 Å². The molecule has 1 atom stereocenters. The van der Waals surface area contributed by atoms with E-state index < -0.39 is 11.9 Å². The average Bonchev–Trinajstić information content (AvgIpc) is 2.60. The van der Waals surface area contributed by atoms with Gasteiger partial charge in [-0.05, 0) is 19.9 Å². The van der Waals surface area contributed by atoms with E-state index in [1.54, 1.807) is 37.0 Å². The van der Waals surface area contributed by atoms with Crippen LogP contribution in [0.2, 0.25) is 0 Å². The molecule has 0 saturated carbocycles. The van der Waals surface area contributed by atoms with Crippen molar-refractivity contribution in [1.82, 2.24) is 9.78 Å². The van der Waals surface area contributed by atoms with Gasteiger partial charge >= 0.3 is 0 Å². The summed E-state index contributed by atoms with van der Waals surface area (Å²) in [6.45, 7) is 3.66. The van der Waals surface area contributed by atoms with Crippen molar-refractivity contribution in [1.29, 1.82) is 0 Å². The lowest BCUT2D eigenvalue weighted by Crippen LogP contribution is -2.03. The van der Waals surface area contributed by atoms with Crippen LogP contribution in [0, 0.1) is 19.7 Å². The summed E-state index contributed by atoms with van der Waals surface area (Å²) < 4.78 is 15.3. The maximum Gasteiger partial charge on any atom is 0.129 e. The van der Waals surface area contributed by atoms with Crippen molar-refractivity contribution in [2.45, 2.75) is 20.0 Å². The smallest absolute Gasteiger partial charge is 0.129 e. The molecule has 0 saturated heterocycles. The lowest BCUT2D eigenvalue weighted by molar-refractivity contribution is 0.214. The predicted octanol–water partition coefficient (Wildman–Crippen LogP) is 2.26. The van der Waals surface area contributed by atoms with Crippen LogP contribution in [0.3, 0.4) is 0 Å². The van der Waals surface area contributed by atoms with E-state index in [1.807, 2.05) is 6.92 Å². The molecule has 0 spiro atoms. The number of hydrogen-bond donors (Lipinski definition) is 1. The molecule has 1 heterocycles. The van der Waals surface area contributed by atoms with Crippen LogP contribution >= 0.6 is 0 Å². The highest BCUT2D eigenvalue weighted by Gasteiger charge is 2.19. The quantitative estimate of drug-likeness (QED) is 0.865. The Morgan fingerprint density at radius 1 is 1.29 bits per heavy atom. The first-order valence-electron chi connectivity index (χ1n) is 5.43. The summed E-state index contributed by atoms with van der Waals surface area (Å²) in [5.41, 5.74) is 2.56. The van der Waals surface area contributed by atoms with Crippen LogP contribution in [-0.2, 0) is 7.05 Å². The van der Waals surface area contributed by atoms with Crippen LogP contribution in [0.1, 0.15) is 28.5 Å². The van der Waals surface area contributed by atoms with Crippen molar-refractivity contribution in [2.24, 2.45) is 7.05 Å². The molecule has 2 aromatic rings. The van der Waals surface area contributed by atoms with Crippen LogP contribution in [0.5, 0.6) is 0 Å². The maximum absolute atomic E-state index is 13.7. The van der Waals surface area contributed by atoms with Gasteiger partial charge in [-0.25, -0.2) is 4.39 Å². The summed E-state index contributed by atoms with van der Waals surface area (Å²) in [7, 11) is 1.77. The number of aryl methyl sites for hydroxylation is 3. The molecule has 0 aliphatic rings. The van der Waals surface area contributed by atoms with E-state index in [1.165, 1.54) is 6.07 Å². The van der Waals surface area contributed by atoms with Gasteiger partial charge in [-0.2, -0.15) is 5.10 Å². The molecule has 17 heavy (non-hydrogen) atoms. The highest BCUT2D eigenvalue weighted by molar-refractivity contribution is 5.34. The Hall–Kier alpha value is -1.68. The van der Waals surface area contributed by atoms with Gasteiger partial charge < -0.3 is 5.11 Å². The maximum atomic E-state index is 13.7. The van der Waals surface area contributed by atoms with Gasteiger partial charge in [0.2, 0.25) is 0 Å². The normalized spacial score (nSPS) is 12.8. The minimum absolute atomic E-state index is 0.293. The molecular formula is C13H15FN2O.